The lowest BCUT2D eigenvalue weighted by Crippen LogP contribution is -2.39. The Labute approximate surface area is 98.5 Å². The van der Waals surface area contributed by atoms with E-state index in [4.69, 9.17) is 10.8 Å². The second-order valence-corrected chi connectivity index (χ2v) is 5.31. The fourth-order valence-electron chi connectivity index (χ4n) is 1.92. The van der Waals surface area contributed by atoms with Gasteiger partial charge in [-0.1, -0.05) is 0 Å². The Balaban J connectivity index is 1.79. The molecular weight excluding hydrogens is 224 g/mol. The fraction of sp³-hybridized carbons (Fsp3) is 0.545. The topological polar surface area (TPSA) is 75.3 Å². The summed E-state index contributed by atoms with van der Waals surface area (Å²) in [5, 5.41) is 11.7. The van der Waals surface area contributed by atoms with E-state index in [-0.39, 0.29) is 0 Å². The third-order valence-electron chi connectivity index (χ3n) is 2.78. The number of nitrogens with two attached hydrogens (primary N) is 1. The van der Waals surface area contributed by atoms with Gasteiger partial charge in [-0.05, 0) is 30.9 Å². The van der Waals surface area contributed by atoms with Gasteiger partial charge in [0.2, 0.25) is 0 Å². The molecule has 1 atom stereocenters. The number of rotatable bonds is 5. The van der Waals surface area contributed by atoms with Crippen LogP contribution < -0.4 is 11.1 Å². The van der Waals surface area contributed by atoms with Crippen molar-refractivity contribution in [3.63, 3.8) is 0 Å². The average Bonchev–Trinajstić information content (AvgIpc) is 2.77. The van der Waals surface area contributed by atoms with Crippen LogP contribution in [-0.4, -0.2) is 23.7 Å². The van der Waals surface area contributed by atoms with Crippen LogP contribution in [-0.2, 0) is 24.2 Å². The second kappa shape index (κ2) is 4.95. The van der Waals surface area contributed by atoms with E-state index in [9.17, 15) is 4.79 Å². The molecule has 4 N–H and O–H groups in total. The highest BCUT2D eigenvalue weighted by atomic mass is 32.1. The van der Waals surface area contributed by atoms with Crippen LogP contribution in [0.4, 0.5) is 0 Å². The van der Waals surface area contributed by atoms with Gasteiger partial charge in [0.25, 0.3) is 0 Å². The van der Waals surface area contributed by atoms with Crippen LogP contribution in [0.15, 0.2) is 6.07 Å². The Morgan fingerprint density at radius 1 is 1.62 bits per heavy atom. The summed E-state index contributed by atoms with van der Waals surface area (Å²) in [6.45, 7) is 1.04. The zero-order valence-corrected chi connectivity index (χ0v) is 9.85. The summed E-state index contributed by atoms with van der Waals surface area (Å²) in [4.78, 5) is 13.3. The zero-order chi connectivity index (χ0) is 11.5. The van der Waals surface area contributed by atoms with Gasteiger partial charge in [-0.15, -0.1) is 11.3 Å². The van der Waals surface area contributed by atoms with Crippen molar-refractivity contribution in [3.05, 3.63) is 21.4 Å². The Kier molecular flexibility index (Phi) is 3.58. The number of fused-ring (bicyclic) bond motifs is 1. The number of aliphatic carboxylic acids is 1. The van der Waals surface area contributed by atoms with Crippen LogP contribution in [0, 0.1) is 0 Å². The summed E-state index contributed by atoms with van der Waals surface area (Å²) in [5.74, 6) is -0.957. The maximum atomic E-state index is 10.5. The average molecular weight is 240 g/mol. The van der Waals surface area contributed by atoms with E-state index in [0.29, 0.717) is 6.54 Å². The minimum absolute atomic E-state index is 0.317. The number of thiophene rings is 1. The van der Waals surface area contributed by atoms with Crippen LogP contribution in [0.25, 0.3) is 0 Å². The summed E-state index contributed by atoms with van der Waals surface area (Å²) < 4.78 is 0. The first-order valence-corrected chi connectivity index (χ1v) is 6.28. The van der Waals surface area contributed by atoms with Crippen molar-refractivity contribution in [2.75, 3.05) is 6.54 Å². The second-order valence-electron chi connectivity index (χ2n) is 4.09. The van der Waals surface area contributed by atoms with Gasteiger partial charge in [0, 0.05) is 22.8 Å². The Bertz CT molecular complexity index is 368. The molecular formula is C11H16N2O2S. The largest absolute Gasteiger partial charge is 0.480 e. The number of hydrogen-bond donors (Lipinski definition) is 3. The molecule has 0 saturated carbocycles. The predicted molar refractivity (Wildman–Crippen MR) is 63.7 cm³/mol. The van der Waals surface area contributed by atoms with Gasteiger partial charge in [0.05, 0.1) is 0 Å². The van der Waals surface area contributed by atoms with E-state index in [1.165, 1.54) is 34.6 Å². The minimum Gasteiger partial charge on any atom is -0.480 e. The third-order valence-corrected chi connectivity index (χ3v) is 4.02. The Morgan fingerprint density at radius 3 is 3.12 bits per heavy atom. The minimum atomic E-state index is -0.957. The van der Waals surface area contributed by atoms with Crippen molar-refractivity contribution in [2.45, 2.75) is 31.8 Å². The molecule has 2 rings (SSSR count). The lowest BCUT2D eigenvalue weighted by atomic mass is 10.2. The molecule has 1 aliphatic rings. The van der Waals surface area contributed by atoms with Crippen LogP contribution in [0.5, 0.6) is 0 Å². The van der Waals surface area contributed by atoms with E-state index in [2.05, 4.69) is 11.4 Å². The molecule has 1 aromatic heterocycles. The lowest BCUT2D eigenvalue weighted by molar-refractivity contribution is -0.138. The van der Waals surface area contributed by atoms with Crippen molar-refractivity contribution in [3.8, 4) is 0 Å². The Morgan fingerprint density at radius 2 is 2.44 bits per heavy atom. The van der Waals surface area contributed by atoms with Crippen LogP contribution in [0.1, 0.15) is 21.7 Å². The molecule has 5 heteroatoms. The first kappa shape index (κ1) is 11.6. The van der Waals surface area contributed by atoms with E-state index < -0.39 is 12.0 Å². The van der Waals surface area contributed by atoms with Crippen LogP contribution in [0.2, 0.25) is 0 Å². The quantitative estimate of drug-likeness (QED) is 0.709. The summed E-state index contributed by atoms with van der Waals surface area (Å²) in [6.07, 6.45) is 3.67. The normalized spacial score (nSPS) is 16.1. The third kappa shape index (κ3) is 2.61. The van der Waals surface area contributed by atoms with Crippen molar-refractivity contribution >= 4 is 17.3 Å². The lowest BCUT2D eigenvalue weighted by Gasteiger charge is -2.06. The molecule has 1 aromatic rings. The molecule has 0 fully saturated rings. The Hall–Kier alpha value is -0.910. The molecule has 0 bridgehead atoms. The zero-order valence-electron chi connectivity index (χ0n) is 9.03. The highest BCUT2D eigenvalue weighted by Gasteiger charge is 2.15. The maximum Gasteiger partial charge on any atom is 0.321 e. The molecule has 1 heterocycles. The molecule has 0 aliphatic heterocycles. The van der Waals surface area contributed by atoms with Crippen molar-refractivity contribution in [2.24, 2.45) is 5.73 Å². The van der Waals surface area contributed by atoms with E-state index in [1.54, 1.807) is 0 Å². The van der Waals surface area contributed by atoms with Gasteiger partial charge in [-0.2, -0.15) is 0 Å². The molecule has 0 radical (unpaired) electrons. The van der Waals surface area contributed by atoms with E-state index >= 15 is 0 Å². The standard InChI is InChI=1S/C11H16N2O2S/c12-9(11(14)15)6-13-5-8-4-7-2-1-3-10(7)16-8/h4,9,13H,1-3,5-6,12H2,(H,14,15). The summed E-state index contributed by atoms with van der Waals surface area (Å²) in [6, 6.07) is 1.42. The number of hydrogen-bond acceptors (Lipinski definition) is 4. The summed E-state index contributed by atoms with van der Waals surface area (Å²) >= 11 is 1.83. The summed E-state index contributed by atoms with van der Waals surface area (Å²) in [5.41, 5.74) is 6.87. The number of carboxylic acids is 1. The maximum absolute atomic E-state index is 10.5. The van der Waals surface area contributed by atoms with Gasteiger partial charge < -0.3 is 16.2 Å². The van der Waals surface area contributed by atoms with Crippen LogP contribution in [0.3, 0.4) is 0 Å². The van der Waals surface area contributed by atoms with Gasteiger partial charge in [-0.3, -0.25) is 4.79 Å². The number of carbonyl (C=O) groups is 1. The van der Waals surface area contributed by atoms with Crippen molar-refractivity contribution in [1.82, 2.24) is 5.32 Å². The number of nitrogens with one attached hydrogen (secondary N) is 1. The van der Waals surface area contributed by atoms with Crippen molar-refractivity contribution < 1.29 is 9.90 Å². The molecule has 0 spiro atoms. The fourth-order valence-corrected chi connectivity index (χ4v) is 3.15. The van der Waals surface area contributed by atoms with Gasteiger partial charge >= 0.3 is 5.97 Å². The summed E-state index contributed by atoms with van der Waals surface area (Å²) in [7, 11) is 0. The highest BCUT2D eigenvalue weighted by Crippen LogP contribution is 2.30. The van der Waals surface area contributed by atoms with Gasteiger partial charge in [0.1, 0.15) is 6.04 Å². The molecule has 0 saturated heterocycles. The molecule has 16 heavy (non-hydrogen) atoms. The first-order valence-electron chi connectivity index (χ1n) is 5.46. The molecule has 4 nitrogen and oxygen atoms in total. The van der Waals surface area contributed by atoms with E-state index in [1.807, 2.05) is 11.3 Å². The predicted octanol–water partition coefficient (Wildman–Crippen LogP) is 0.738. The smallest absolute Gasteiger partial charge is 0.321 e. The molecule has 1 aliphatic carbocycles. The number of carboxylic acid groups (broad SMARTS) is 1. The number of aryl methyl sites for hydroxylation is 2. The molecule has 88 valence electrons. The molecule has 0 aromatic carbocycles. The van der Waals surface area contributed by atoms with Gasteiger partial charge in [-0.25, -0.2) is 0 Å². The van der Waals surface area contributed by atoms with E-state index in [0.717, 1.165) is 6.54 Å². The van der Waals surface area contributed by atoms with Crippen molar-refractivity contribution in [1.29, 1.82) is 0 Å². The SMILES string of the molecule is NC(CNCc1cc2c(s1)CCC2)C(=O)O. The van der Waals surface area contributed by atoms with Crippen LogP contribution >= 0.6 is 11.3 Å². The first-order chi connectivity index (χ1) is 7.66. The monoisotopic (exact) mass is 240 g/mol. The molecule has 1 unspecified atom stereocenters. The highest BCUT2D eigenvalue weighted by molar-refractivity contribution is 7.12. The molecule has 0 amide bonds. The van der Waals surface area contributed by atoms with Gasteiger partial charge in [0.15, 0.2) is 0 Å².